The van der Waals surface area contributed by atoms with E-state index in [1.807, 2.05) is 12.1 Å². The second-order valence-corrected chi connectivity index (χ2v) is 14.5. The van der Waals surface area contributed by atoms with Crippen LogP contribution in [0.25, 0.3) is 88.4 Å². The second kappa shape index (κ2) is 13.6. The Balaban J connectivity index is 1.04. The summed E-state index contributed by atoms with van der Waals surface area (Å²) < 4.78 is 13.2. The Morgan fingerprint density at radius 3 is 1.39 bits per heavy atom. The van der Waals surface area contributed by atoms with Crippen LogP contribution in [0.15, 0.2) is 221 Å². The molecule has 2 aromatic heterocycles. The van der Waals surface area contributed by atoms with Gasteiger partial charge in [-0.15, -0.1) is 0 Å². The third-order valence-corrected chi connectivity index (χ3v) is 11.1. The molecule has 11 aromatic rings. The first-order valence-electron chi connectivity index (χ1n) is 19.3. The summed E-state index contributed by atoms with van der Waals surface area (Å²) in [5, 5.41) is 4.39. The Labute approximate surface area is 330 Å². The molecule has 0 saturated heterocycles. The van der Waals surface area contributed by atoms with Crippen molar-refractivity contribution >= 4 is 60.9 Å². The molecule has 0 fully saturated rings. The molecule has 9 aromatic carbocycles. The summed E-state index contributed by atoms with van der Waals surface area (Å²) in [6, 6.07) is 74.9. The molecule has 0 unspecified atom stereocenters. The van der Waals surface area contributed by atoms with Gasteiger partial charge in [0.1, 0.15) is 22.3 Å². The highest BCUT2D eigenvalue weighted by molar-refractivity contribution is 6.16. The number of benzene rings is 9. The Morgan fingerprint density at radius 1 is 0.298 bits per heavy atom. The van der Waals surface area contributed by atoms with Gasteiger partial charge in [-0.05, 0) is 81.9 Å². The Bertz CT molecular complexity index is 3200. The van der Waals surface area contributed by atoms with Crippen LogP contribution in [0.2, 0.25) is 0 Å². The summed E-state index contributed by atoms with van der Waals surface area (Å²) >= 11 is 0. The zero-order valence-electron chi connectivity index (χ0n) is 31.0. The van der Waals surface area contributed by atoms with Gasteiger partial charge in [-0.25, -0.2) is 0 Å². The minimum Gasteiger partial charge on any atom is -0.455 e. The molecule has 0 N–H and O–H groups in total. The zero-order chi connectivity index (χ0) is 37.7. The summed E-state index contributed by atoms with van der Waals surface area (Å²) in [6.45, 7) is 0. The largest absolute Gasteiger partial charge is 0.455 e. The molecule has 0 aliphatic heterocycles. The lowest BCUT2D eigenvalue weighted by Gasteiger charge is -2.26. The fourth-order valence-corrected chi connectivity index (χ4v) is 8.35. The van der Waals surface area contributed by atoms with E-state index in [2.05, 4.69) is 205 Å². The van der Waals surface area contributed by atoms with E-state index in [1.54, 1.807) is 0 Å². The first-order chi connectivity index (χ1) is 28.3. The van der Waals surface area contributed by atoms with Gasteiger partial charge < -0.3 is 13.7 Å². The molecule has 2 heterocycles. The second-order valence-electron chi connectivity index (χ2n) is 14.5. The van der Waals surface area contributed by atoms with Crippen LogP contribution in [0.1, 0.15) is 0 Å². The van der Waals surface area contributed by atoms with E-state index in [0.717, 1.165) is 94.3 Å². The molecule has 0 radical (unpaired) electrons. The molecule has 0 bridgehead atoms. The predicted octanol–water partition coefficient (Wildman–Crippen LogP) is 15.6. The van der Waals surface area contributed by atoms with Crippen molar-refractivity contribution in [3.63, 3.8) is 0 Å². The highest BCUT2D eigenvalue weighted by Crippen LogP contribution is 2.45. The van der Waals surface area contributed by atoms with Crippen LogP contribution in [-0.4, -0.2) is 0 Å². The van der Waals surface area contributed by atoms with Crippen molar-refractivity contribution in [3.8, 4) is 44.5 Å². The van der Waals surface area contributed by atoms with Gasteiger partial charge in [-0.3, -0.25) is 0 Å². The molecule has 268 valence electrons. The molecule has 3 nitrogen and oxygen atoms in total. The van der Waals surface area contributed by atoms with Crippen molar-refractivity contribution in [2.75, 3.05) is 4.90 Å². The maximum Gasteiger partial charge on any atom is 0.143 e. The number of hydrogen-bond donors (Lipinski definition) is 0. The maximum atomic E-state index is 6.71. The molecule has 3 heteroatoms. The normalized spacial score (nSPS) is 11.5. The zero-order valence-corrected chi connectivity index (χ0v) is 31.0. The smallest absolute Gasteiger partial charge is 0.143 e. The molecule has 11 rings (SSSR count). The number of fused-ring (bicyclic) bond motifs is 6. The van der Waals surface area contributed by atoms with Crippen molar-refractivity contribution in [2.45, 2.75) is 0 Å². The van der Waals surface area contributed by atoms with Crippen molar-refractivity contribution in [1.29, 1.82) is 0 Å². The van der Waals surface area contributed by atoms with Gasteiger partial charge in [0.15, 0.2) is 0 Å². The highest BCUT2D eigenvalue weighted by atomic mass is 16.3. The Hall–Kier alpha value is -7.62. The standard InChI is InChI=1S/C54H35NO2/c1-4-13-36(14-5-1)37-25-30-42(31-26-37)55(49-23-12-24-51-52(49)47-22-11-20-45(54(47)57-51)40-17-8-3-9-18-40)43-32-27-38(28-33-43)41-29-34-50-48(35-41)46-21-10-19-44(53(46)56-50)39-15-6-2-7-16-39/h1-35H. The van der Waals surface area contributed by atoms with Gasteiger partial charge in [-0.2, -0.15) is 0 Å². The summed E-state index contributed by atoms with van der Waals surface area (Å²) in [7, 11) is 0. The lowest BCUT2D eigenvalue weighted by molar-refractivity contribution is 0.669. The molecule has 57 heavy (non-hydrogen) atoms. The molecule has 0 atom stereocenters. The Morgan fingerprint density at radius 2 is 0.772 bits per heavy atom. The number of para-hydroxylation sites is 2. The molecule has 0 spiro atoms. The number of hydrogen-bond acceptors (Lipinski definition) is 3. The lowest BCUT2D eigenvalue weighted by Crippen LogP contribution is -2.10. The molecule has 0 aliphatic rings. The van der Waals surface area contributed by atoms with Gasteiger partial charge in [0.25, 0.3) is 0 Å². The number of anilines is 3. The van der Waals surface area contributed by atoms with E-state index in [-0.39, 0.29) is 0 Å². The van der Waals surface area contributed by atoms with Crippen LogP contribution in [0.3, 0.4) is 0 Å². The lowest BCUT2D eigenvalue weighted by atomic mass is 9.99. The van der Waals surface area contributed by atoms with Crippen molar-refractivity contribution in [2.24, 2.45) is 0 Å². The predicted molar refractivity (Wildman–Crippen MR) is 237 cm³/mol. The number of rotatable bonds is 7. The fraction of sp³-hybridized carbons (Fsp3) is 0. The third kappa shape index (κ3) is 5.68. The van der Waals surface area contributed by atoms with Gasteiger partial charge in [0.05, 0.1) is 11.1 Å². The minimum atomic E-state index is 0.851. The third-order valence-electron chi connectivity index (χ3n) is 11.1. The monoisotopic (exact) mass is 729 g/mol. The van der Waals surface area contributed by atoms with Crippen LogP contribution in [0.4, 0.5) is 17.1 Å². The summed E-state index contributed by atoms with van der Waals surface area (Å²) in [5.74, 6) is 0. The molecular formula is C54H35NO2. The van der Waals surface area contributed by atoms with E-state index < -0.39 is 0 Å². The van der Waals surface area contributed by atoms with Gasteiger partial charge in [0, 0.05) is 38.7 Å². The van der Waals surface area contributed by atoms with Crippen LogP contribution in [-0.2, 0) is 0 Å². The van der Waals surface area contributed by atoms with Crippen molar-refractivity contribution in [1.82, 2.24) is 0 Å². The van der Waals surface area contributed by atoms with Crippen LogP contribution < -0.4 is 4.90 Å². The first kappa shape index (κ1) is 32.8. The van der Waals surface area contributed by atoms with Crippen molar-refractivity contribution in [3.05, 3.63) is 212 Å². The summed E-state index contributed by atoms with van der Waals surface area (Å²) in [5.41, 5.74) is 15.8. The van der Waals surface area contributed by atoms with E-state index >= 15 is 0 Å². The van der Waals surface area contributed by atoms with Gasteiger partial charge >= 0.3 is 0 Å². The van der Waals surface area contributed by atoms with Gasteiger partial charge in [-0.1, -0.05) is 164 Å². The number of furan rings is 2. The highest BCUT2D eigenvalue weighted by Gasteiger charge is 2.21. The molecular weight excluding hydrogens is 695 g/mol. The van der Waals surface area contributed by atoms with E-state index in [9.17, 15) is 0 Å². The SMILES string of the molecule is c1ccc(-c2ccc(N(c3ccc(-c4ccc5oc6c(-c7ccccc7)cccc6c5c4)cc3)c3cccc4oc5c(-c6ccccc6)cccc5c34)cc2)cc1. The van der Waals surface area contributed by atoms with E-state index in [1.165, 1.54) is 11.1 Å². The van der Waals surface area contributed by atoms with Gasteiger partial charge in [0.2, 0.25) is 0 Å². The summed E-state index contributed by atoms with van der Waals surface area (Å²) in [6.07, 6.45) is 0. The topological polar surface area (TPSA) is 29.5 Å². The average molecular weight is 730 g/mol. The molecule has 0 saturated carbocycles. The Kier molecular flexibility index (Phi) is 7.82. The fourth-order valence-electron chi connectivity index (χ4n) is 8.35. The molecule has 0 amide bonds. The minimum absolute atomic E-state index is 0.851. The maximum absolute atomic E-state index is 6.71. The van der Waals surface area contributed by atoms with Crippen LogP contribution in [0.5, 0.6) is 0 Å². The quantitative estimate of drug-likeness (QED) is 0.164. The summed E-state index contributed by atoms with van der Waals surface area (Å²) in [4.78, 5) is 2.35. The van der Waals surface area contributed by atoms with E-state index in [4.69, 9.17) is 8.83 Å². The van der Waals surface area contributed by atoms with Crippen LogP contribution >= 0.6 is 0 Å². The first-order valence-corrected chi connectivity index (χ1v) is 19.3. The van der Waals surface area contributed by atoms with Crippen molar-refractivity contribution < 1.29 is 8.83 Å². The van der Waals surface area contributed by atoms with Crippen LogP contribution in [0, 0.1) is 0 Å². The average Bonchev–Trinajstić information content (AvgIpc) is 3.87. The van der Waals surface area contributed by atoms with E-state index in [0.29, 0.717) is 0 Å². The molecule has 0 aliphatic carbocycles. The number of nitrogens with zero attached hydrogens (tertiary/aromatic N) is 1.